The lowest BCUT2D eigenvalue weighted by Gasteiger charge is -2.30. The summed E-state index contributed by atoms with van der Waals surface area (Å²) < 4.78 is 13.3. The Morgan fingerprint density at radius 2 is 2.15 bits per heavy atom. The van der Waals surface area contributed by atoms with Crippen LogP contribution < -0.4 is 11.1 Å². The highest BCUT2D eigenvalue weighted by Crippen LogP contribution is 2.33. The fraction of sp³-hybridized carbons (Fsp3) is 0.400. The van der Waals surface area contributed by atoms with Crippen LogP contribution in [0.25, 0.3) is 22.3 Å². The molecule has 7 heteroatoms. The predicted molar refractivity (Wildman–Crippen MR) is 107 cm³/mol. The third-order valence-corrected chi connectivity index (χ3v) is 6.27. The maximum Gasteiger partial charge on any atom is 0.227 e. The van der Waals surface area contributed by atoms with E-state index in [-0.39, 0.29) is 23.0 Å². The van der Waals surface area contributed by atoms with E-state index in [0.717, 1.165) is 59.4 Å². The molecule has 0 spiro atoms. The van der Waals surface area contributed by atoms with Crippen LogP contribution in [0.4, 0.5) is 10.1 Å². The lowest BCUT2D eigenvalue weighted by Crippen LogP contribution is -2.33. The minimum Gasteiger partial charge on any atom is -0.339 e. The number of hydrogen-bond donors (Lipinski definition) is 3. The number of hydrogen-bond acceptors (Lipinski definition) is 4. The topological polar surface area (TPSA) is 83.8 Å². The monoisotopic (exact) mass is 386 g/mol. The van der Waals surface area contributed by atoms with Crippen molar-refractivity contribution in [1.82, 2.24) is 9.97 Å². The first-order chi connectivity index (χ1) is 13.0. The quantitative estimate of drug-likeness (QED) is 0.616. The number of halogens is 1. The molecule has 3 heterocycles. The fourth-order valence-corrected chi connectivity index (χ4v) is 4.51. The van der Waals surface area contributed by atoms with Crippen LogP contribution in [-0.4, -0.2) is 21.9 Å². The van der Waals surface area contributed by atoms with E-state index >= 15 is 0 Å². The first kappa shape index (κ1) is 18.1. The second kappa shape index (κ2) is 7.40. The molecule has 27 heavy (non-hydrogen) atoms. The summed E-state index contributed by atoms with van der Waals surface area (Å²) in [6.07, 6.45) is 5.41. The molecule has 0 aromatic carbocycles. The van der Waals surface area contributed by atoms with Crippen molar-refractivity contribution in [2.24, 2.45) is 17.6 Å². The number of anilines is 1. The summed E-state index contributed by atoms with van der Waals surface area (Å²) in [4.78, 5) is 20.3. The summed E-state index contributed by atoms with van der Waals surface area (Å²) in [5.74, 6) is 0.586. The summed E-state index contributed by atoms with van der Waals surface area (Å²) >= 11 is 1.06. The minimum atomic E-state index is -0.229. The number of nitrogens with zero attached hydrogens (tertiary/aromatic N) is 1. The maximum atomic E-state index is 13.3. The fourth-order valence-electron chi connectivity index (χ4n) is 3.88. The van der Waals surface area contributed by atoms with Crippen LogP contribution in [0.3, 0.4) is 0 Å². The second-order valence-corrected chi connectivity index (χ2v) is 8.26. The van der Waals surface area contributed by atoms with Gasteiger partial charge in [-0.3, -0.25) is 4.79 Å². The van der Waals surface area contributed by atoms with Crippen LogP contribution >= 0.6 is 11.3 Å². The zero-order valence-electron chi connectivity index (χ0n) is 15.2. The van der Waals surface area contributed by atoms with Gasteiger partial charge in [0.15, 0.2) is 5.13 Å². The van der Waals surface area contributed by atoms with Crippen LogP contribution in [0.5, 0.6) is 0 Å². The van der Waals surface area contributed by atoms with E-state index in [0.29, 0.717) is 11.6 Å². The van der Waals surface area contributed by atoms with Crippen LogP contribution in [0.1, 0.15) is 32.6 Å². The Bertz CT molecular complexity index is 956. The lowest BCUT2D eigenvalue weighted by atomic mass is 9.79. The van der Waals surface area contributed by atoms with E-state index < -0.39 is 0 Å². The van der Waals surface area contributed by atoms with E-state index in [1.807, 2.05) is 13.0 Å². The molecular weight excluding hydrogens is 363 g/mol. The Hall–Kier alpha value is -2.25. The molecule has 1 aliphatic carbocycles. The molecule has 3 aromatic rings. The molecule has 0 aliphatic heterocycles. The first-order valence-corrected chi connectivity index (χ1v) is 10.2. The van der Waals surface area contributed by atoms with Gasteiger partial charge in [-0.25, -0.2) is 4.98 Å². The van der Waals surface area contributed by atoms with Crippen LogP contribution in [-0.2, 0) is 4.79 Å². The smallest absolute Gasteiger partial charge is 0.227 e. The van der Waals surface area contributed by atoms with Crippen molar-refractivity contribution in [2.45, 2.75) is 38.6 Å². The number of thiophene rings is 1. The average Bonchev–Trinajstić information content (AvgIpc) is 3.28. The number of H-pyrrole nitrogens is 1. The summed E-state index contributed by atoms with van der Waals surface area (Å²) in [6.45, 7) is 2.04. The Morgan fingerprint density at radius 1 is 1.37 bits per heavy atom. The van der Waals surface area contributed by atoms with Gasteiger partial charge in [0.1, 0.15) is 5.65 Å². The zero-order valence-corrected chi connectivity index (χ0v) is 16.0. The van der Waals surface area contributed by atoms with Gasteiger partial charge in [-0.05, 0) is 56.7 Å². The Labute approximate surface area is 161 Å². The lowest BCUT2D eigenvalue weighted by molar-refractivity contribution is -0.121. The molecule has 1 saturated carbocycles. The molecule has 1 fully saturated rings. The molecule has 1 unspecified atom stereocenters. The molecule has 0 radical (unpaired) electrons. The largest absolute Gasteiger partial charge is 0.339 e. The summed E-state index contributed by atoms with van der Waals surface area (Å²) in [6, 6.07) is 5.39. The van der Waals surface area contributed by atoms with Gasteiger partial charge in [0.25, 0.3) is 0 Å². The highest BCUT2D eigenvalue weighted by molar-refractivity contribution is 7.08. The number of fused-ring (bicyclic) bond motifs is 1. The van der Waals surface area contributed by atoms with Gasteiger partial charge in [-0.1, -0.05) is 0 Å². The van der Waals surface area contributed by atoms with E-state index in [9.17, 15) is 9.18 Å². The number of amides is 1. The molecule has 1 aliphatic rings. The van der Waals surface area contributed by atoms with Crippen molar-refractivity contribution >= 4 is 34.0 Å². The first-order valence-electron chi connectivity index (χ1n) is 9.30. The molecule has 4 N–H and O–H groups in total. The molecule has 1 amide bonds. The Balaban J connectivity index is 1.52. The molecule has 0 saturated heterocycles. The summed E-state index contributed by atoms with van der Waals surface area (Å²) in [5.41, 5.74) is 8.97. The Morgan fingerprint density at radius 3 is 2.81 bits per heavy atom. The molecular formula is C20H23FN4OS. The number of carbonyl (C=O) groups excluding carboxylic acids is 1. The summed E-state index contributed by atoms with van der Waals surface area (Å²) in [5, 5.41) is 5.43. The van der Waals surface area contributed by atoms with Gasteiger partial charge < -0.3 is 16.0 Å². The van der Waals surface area contributed by atoms with Crippen molar-refractivity contribution in [2.75, 3.05) is 5.32 Å². The molecule has 3 aromatic heterocycles. The number of carbonyl (C=O) groups is 1. The van der Waals surface area contributed by atoms with Gasteiger partial charge in [-0.2, -0.15) is 4.39 Å². The van der Waals surface area contributed by atoms with Crippen LogP contribution in [0, 0.1) is 17.0 Å². The second-order valence-electron chi connectivity index (χ2n) is 7.40. The van der Waals surface area contributed by atoms with E-state index in [1.54, 1.807) is 17.6 Å². The van der Waals surface area contributed by atoms with Crippen molar-refractivity contribution in [3.8, 4) is 11.3 Å². The molecule has 4 rings (SSSR count). The number of aromatic nitrogens is 2. The van der Waals surface area contributed by atoms with Gasteiger partial charge in [0, 0.05) is 40.2 Å². The predicted octanol–water partition coefficient (Wildman–Crippen LogP) is 4.52. The minimum absolute atomic E-state index is 0.0209. The SMILES string of the molecule is CC(N)[C@H]1CC[C@H](C(=O)Nc2ccnc3[nH]c(-c4csc(F)c4)cc23)CC1. The van der Waals surface area contributed by atoms with Crippen LogP contribution in [0.15, 0.2) is 29.8 Å². The highest BCUT2D eigenvalue weighted by atomic mass is 32.1. The van der Waals surface area contributed by atoms with Crippen LogP contribution in [0.2, 0.25) is 0 Å². The molecule has 0 bridgehead atoms. The summed E-state index contributed by atoms with van der Waals surface area (Å²) in [7, 11) is 0. The van der Waals surface area contributed by atoms with Crippen molar-refractivity contribution in [3.63, 3.8) is 0 Å². The number of nitrogens with two attached hydrogens (primary N) is 1. The van der Waals surface area contributed by atoms with E-state index in [2.05, 4.69) is 15.3 Å². The number of nitrogens with one attached hydrogen (secondary N) is 2. The van der Waals surface area contributed by atoms with Crippen molar-refractivity contribution in [1.29, 1.82) is 0 Å². The molecule has 5 nitrogen and oxygen atoms in total. The normalized spacial score (nSPS) is 21.3. The van der Waals surface area contributed by atoms with Gasteiger partial charge >= 0.3 is 0 Å². The molecule has 142 valence electrons. The third-order valence-electron chi connectivity index (χ3n) is 5.55. The molecule has 1 atom stereocenters. The van der Waals surface area contributed by atoms with E-state index in [4.69, 9.17) is 5.73 Å². The highest BCUT2D eigenvalue weighted by Gasteiger charge is 2.28. The van der Waals surface area contributed by atoms with Gasteiger partial charge in [0.2, 0.25) is 5.91 Å². The number of aromatic amines is 1. The van der Waals surface area contributed by atoms with Crippen molar-refractivity contribution < 1.29 is 9.18 Å². The Kier molecular flexibility index (Phi) is 4.97. The number of pyridine rings is 1. The number of rotatable bonds is 4. The standard InChI is InChI=1S/C20H23FN4OS/c1-11(22)12-2-4-13(5-3-12)20(26)25-16-6-7-23-19-15(16)9-17(24-19)14-8-18(21)27-10-14/h6-13H,2-5,22H2,1H3,(H2,23,24,25,26)/t11?,12-,13-. The van der Waals surface area contributed by atoms with Gasteiger partial charge in [0.05, 0.1) is 5.69 Å². The zero-order chi connectivity index (χ0) is 19.0. The third kappa shape index (κ3) is 3.75. The van der Waals surface area contributed by atoms with Crippen molar-refractivity contribution in [3.05, 3.63) is 34.9 Å². The maximum absolute atomic E-state index is 13.3. The average molecular weight is 386 g/mol. The van der Waals surface area contributed by atoms with Gasteiger partial charge in [-0.15, -0.1) is 11.3 Å². The van der Waals surface area contributed by atoms with E-state index in [1.165, 1.54) is 6.07 Å².